The van der Waals surface area contributed by atoms with Crippen LogP contribution in [0.4, 0.5) is 0 Å². The fraction of sp³-hybridized carbons (Fsp3) is 0.250. The molecule has 0 radical (unpaired) electrons. The third kappa shape index (κ3) is 1.60. The molecule has 2 fully saturated rings. The first-order chi connectivity index (χ1) is 9.40. The van der Waals surface area contributed by atoms with Crippen molar-refractivity contribution in [3.63, 3.8) is 0 Å². The van der Waals surface area contributed by atoms with Gasteiger partial charge < -0.3 is 13.7 Å². The summed E-state index contributed by atoms with van der Waals surface area (Å²) in [6.07, 6.45) is 0.631. The summed E-state index contributed by atoms with van der Waals surface area (Å²) >= 11 is 6.00. The predicted octanol–water partition coefficient (Wildman–Crippen LogP) is -0.141. The van der Waals surface area contributed by atoms with E-state index in [4.69, 9.17) is 20.9 Å². The van der Waals surface area contributed by atoms with E-state index in [0.717, 1.165) is 0 Å². The number of hydrogen-bond acceptors (Lipinski definition) is 5. The van der Waals surface area contributed by atoms with Crippen LogP contribution in [0.15, 0.2) is 18.2 Å². The number of rotatable bonds is 2. The highest BCUT2D eigenvalue weighted by molar-refractivity contribution is 6.79. The van der Waals surface area contributed by atoms with Gasteiger partial charge in [0, 0.05) is 17.6 Å². The highest BCUT2D eigenvalue weighted by Gasteiger charge is 2.66. The highest BCUT2D eigenvalue weighted by Crippen LogP contribution is 2.33. The van der Waals surface area contributed by atoms with Crippen molar-refractivity contribution in [1.29, 1.82) is 0 Å². The smallest absolute Gasteiger partial charge is 0.596 e. The molecule has 2 heterocycles. The van der Waals surface area contributed by atoms with Crippen LogP contribution in [-0.2, 0) is 18.9 Å². The number of likely N-dealkylation sites (N-methyl/N-ethyl adjacent to an activating group) is 1. The molecular weight excluding hydrogens is 284 g/mol. The summed E-state index contributed by atoms with van der Waals surface area (Å²) < 4.78 is 10.8. The third-order valence-corrected chi connectivity index (χ3v) is 4.28. The number of quaternary nitrogens is 1. The molecule has 0 aromatic heterocycles. The van der Waals surface area contributed by atoms with E-state index in [1.165, 1.54) is 12.1 Å². The topological polar surface area (TPSA) is 69.7 Å². The summed E-state index contributed by atoms with van der Waals surface area (Å²) in [5, 5.41) is 0.228. The van der Waals surface area contributed by atoms with Crippen LogP contribution in [0.3, 0.4) is 0 Å². The molecule has 104 valence electrons. The molecule has 1 aromatic rings. The summed E-state index contributed by atoms with van der Waals surface area (Å²) in [6, 6.07) is 4.63. The van der Waals surface area contributed by atoms with Crippen molar-refractivity contribution in [2.24, 2.45) is 0 Å². The lowest BCUT2D eigenvalue weighted by Gasteiger charge is -2.40. The van der Waals surface area contributed by atoms with Gasteiger partial charge in [-0.05, 0) is 5.46 Å². The molecule has 1 aromatic carbocycles. The average molecular weight is 295 g/mol. The first-order valence-electron chi connectivity index (χ1n) is 6.07. The number of carbonyl (C=O) groups is 3. The number of nitrogens with zero attached hydrogens (tertiary/aromatic N) is 1. The molecule has 2 saturated heterocycles. The van der Waals surface area contributed by atoms with Gasteiger partial charge in [-0.2, -0.15) is 0 Å². The molecule has 0 atom stereocenters. The SMILES string of the molecule is C[N+]12CC(=O)O[B-]1(c1ccc(C=O)c(Cl)c1)OC(=O)C2. The number of fused-ring (bicyclic) bond motifs is 1. The molecule has 20 heavy (non-hydrogen) atoms. The minimum atomic E-state index is -2.29. The standard InChI is InChI=1S/C12H11BClNO5/c1-15-5-11(17)19-13(15,20-12(18)6-15)9-3-2-8(7-16)10(14)4-9/h2-4,7H,5-6H2,1H3. The van der Waals surface area contributed by atoms with Gasteiger partial charge in [-0.1, -0.05) is 29.8 Å². The van der Waals surface area contributed by atoms with Crippen LogP contribution >= 0.6 is 11.6 Å². The zero-order valence-electron chi connectivity index (χ0n) is 10.7. The van der Waals surface area contributed by atoms with Crippen LogP contribution in [0.5, 0.6) is 0 Å². The van der Waals surface area contributed by atoms with Crippen LogP contribution in [0, 0.1) is 0 Å². The molecule has 0 bridgehead atoms. The Morgan fingerprint density at radius 2 is 1.85 bits per heavy atom. The Morgan fingerprint density at radius 1 is 1.25 bits per heavy atom. The van der Waals surface area contributed by atoms with Gasteiger partial charge in [-0.15, -0.1) is 0 Å². The maximum absolute atomic E-state index is 11.7. The Morgan fingerprint density at radius 3 is 2.35 bits per heavy atom. The second-order valence-corrected chi connectivity index (χ2v) is 5.75. The van der Waals surface area contributed by atoms with Crippen molar-refractivity contribution in [2.75, 3.05) is 20.1 Å². The second-order valence-electron chi connectivity index (χ2n) is 5.35. The molecule has 0 spiro atoms. The Bertz CT molecular complexity index is 627. The van der Waals surface area contributed by atoms with Gasteiger partial charge in [0.15, 0.2) is 6.29 Å². The Kier molecular flexibility index (Phi) is 2.67. The van der Waals surface area contributed by atoms with Crippen LogP contribution in [-0.4, -0.2) is 49.4 Å². The van der Waals surface area contributed by atoms with Gasteiger partial charge in [0.2, 0.25) is 0 Å². The van der Waals surface area contributed by atoms with E-state index in [1.807, 2.05) is 0 Å². The van der Waals surface area contributed by atoms with E-state index in [0.29, 0.717) is 17.3 Å². The van der Waals surface area contributed by atoms with E-state index in [2.05, 4.69) is 0 Å². The van der Waals surface area contributed by atoms with Crippen LogP contribution in [0.2, 0.25) is 5.02 Å². The van der Waals surface area contributed by atoms with E-state index in [9.17, 15) is 14.4 Å². The fourth-order valence-electron chi connectivity index (χ4n) is 2.96. The number of benzene rings is 1. The number of carbonyl (C=O) groups excluding carboxylic acids is 3. The maximum atomic E-state index is 11.7. The van der Waals surface area contributed by atoms with Crippen LogP contribution < -0.4 is 5.46 Å². The van der Waals surface area contributed by atoms with Gasteiger partial charge in [0.25, 0.3) is 0 Å². The zero-order valence-corrected chi connectivity index (χ0v) is 11.4. The van der Waals surface area contributed by atoms with Gasteiger partial charge >= 0.3 is 18.6 Å². The Balaban J connectivity index is 2.15. The molecular formula is C12H11BClNO5. The van der Waals surface area contributed by atoms with Gasteiger partial charge in [0.1, 0.15) is 13.1 Å². The first-order valence-corrected chi connectivity index (χ1v) is 6.45. The second kappa shape index (κ2) is 4.07. The summed E-state index contributed by atoms with van der Waals surface area (Å²) in [7, 11) is 1.73. The molecule has 0 N–H and O–H groups in total. The Hall–Kier alpha value is -1.86. The van der Waals surface area contributed by atoms with E-state index >= 15 is 0 Å². The number of aldehydes is 1. The van der Waals surface area contributed by atoms with Gasteiger partial charge in [0.05, 0.1) is 0 Å². The first kappa shape index (κ1) is 13.1. The molecule has 6 nitrogen and oxygen atoms in total. The van der Waals surface area contributed by atoms with Gasteiger partial charge in [-0.25, -0.2) is 0 Å². The normalized spacial score (nSPS) is 31.7. The predicted molar refractivity (Wildman–Crippen MR) is 70.3 cm³/mol. The molecule has 2 aliphatic rings. The molecule has 0 unspecified atom stereocenters. The average Bonchev–Trinajstić information content (AvgIpc) is 2.73. The van der Waals surface area contributed by atoms with Crippen molar-refractivity contribution >= 4 is 42.0 Å². The van der Waals surface area contributed by atoms with E-state index in [1.54, 1.807) is 13.1 Å². The lowest BCUT2D eigenvalue weighted by atomic mass is 9.61. The number of hydrogen-bond donors (Lipinski definition) is 0. The quantitative estimate of drug-likeness (QED) is 0.561. The van der Waals surface area contributed by atoms with Crippen molar-refractivity contribution in [1.82, 2.24) is 0 Å². The van der Waals surface area contributed by atoms with Gasteiger partial charge in [-0.3, -0.25) is 14.4 Å². The minimum absolute atomic E-state index is 0.0500. The molecule has 0 saturated carbocycles. The molecule has 2 aliphatic heterocycles. The van der Waals surface area contributed by atoms with Crippen molar-refractivity contribution in [2.45, 2.75) is 0 Å². The van der Waals surface area contributed by atoms with E-state index < -0.39 is 18.6 Å². The van der Waals surface area contributed by atoms with Crippen molar-refractivity contribution in [3.05, 3.63) is 28.8 Å². The fourth-order valence-corrected chi connectivity index (χ4v) is 3.19. The van der Waals surface area contributed by atoms with Crippen molar-refractivity contribution < 1.29 is 28.1 Å². The highest BCUT2D eigenvalue weighted by atomic mass is 35.5. The van der Waals surface area contributed by atoms with Crippen molar-refractivity contribution in [3.8, 4) is 0 Å². The third-order valence-electron chi connectivity index (χ3n) is 3.96. The molecule has 0 aliphatic carbocycles. The zero-order chi connectivity index (χ0) is 14.5. The maximum Gasteiger partial charge on any atom is 0.614 e. The summed E-state index contributed by atoms with van der Waals surface area (Å²) in [5.74, 6) is -0.842. The van der Waals surface area contributed by atoms with Crippen LogP contribution in [0.1, 0.15) is 10.4 Å². The lowest BCUT2D eigenvalue weighted by molar-refractivity contribution is -0.791. The molecule has 8 heteroatoms. The number of halogens is 1. The largest absolute Gasteiger partial charge is 0.614 e. The van der Waals surface area contributed by atoms with E-state index in [-0.39, 0.29) is 22.5 Å². The Labute approximate surface area is 119 Å². The minimum Gasteiger partial charge on any atom is -0.596 e. The lowest BCUT2D eigenvalue weighted by Crippen LogP contribution is -2.67. The van der Waals surface area contributed by atoms with Crippen LogP contribution in [0.25, 0.3) is 0 Å². The molecule has 0 amide bonds. The molecule has 3 rings (SSSR count). The monoisotopic (exact) mass is 295 g/mol. The summed E-state index contributed by atoms with van der Waals surface area (Å²) in [6.45, 7) is -2.15. The summed E-state index contributed by atoms with van der Waals surface area (Å²) in [4.78, 5) is 34.1. The summed E-state index contributed by atoms with van der Waals surface area (Å²) in [5.41, 5.74) is 0.824.